The molecule has 1 spiro atoms. The minimum atomic E-state index is -0.982. The molecule has 4 aliphatic rings. The minimum Gasteiger partial charge on any atom is -0.481 e. The van der Waals surface area contributed by atoms with Crippen molar-refractivity contribution in [3.8, 4) is 0 Å². The maximum atomic E-state index is 14.0. The molecule has 3 heterocycles. The van der Waals surface area contributed by atoms with Crippen molar-refractivity contribution in [2.75, 3.05) is 19.7 Å². The number of β-amino-alcohol motifs (C(OH)–C–C–N with tert-alkyl or cyclic N) is 1. The first-order valence-electron chi connectivity index (χ1n) is 10.7. The van der Waals surface area contributed by atoms with Crippen LogP contribution >= 0.6 is 27.7 Å². The van der Waals surface area contributed by atoms with Crippen molar-refractivity contribution in [1.29, 1.82) is 0 Å². The fourth-order valence-corrected chi connectivity index (χ4v) is 9.75. The summed E-state index contributed by atoms with van der Waals surface area (Å²) >= 11 is 5.13. The fourth-order valence-electron chi connectivity index (χ4n) is 6.15. The van der Waals surface area contributed by atoms with E-state index in [0.29, 0.717) is 13.0 Å². The van der Waals surface area contributed by atoms with Gasteiger partial charge in [-0.1, -0.05) is 41.3 Å². The topological polar surface area (TPSA) is 98.2 Å². The van der Waals surface area contributed by atoms with Crippen molar-refractivity contribution in [3.63, 3.8) is 0 Å². The van der Waals surface area contributed by atoms with Gasteiger partial charge in [-0.2, -0.15) is 0 Å². The highest BCUT2D eigenvalue weighted by Gasteiger charge is 2.76. The summed E-state index contributed by atoms with van der Waals surface area (Å²) in [4.78, 5) is 42.7. The van der Waals surface area contributed by atoms with Crippen molar-refractivity contribution in [1.82, 2.24) is 9.80 Å². The van der Waals surface area contributed by atoms with Gasteiger partial charge in [0.15, 0.2) is 0 Å². The molecule has 2 N–H and O–H groups in total. The third-order valence-corrected chi connectivity index (χ3v) is 10.5. The lowest BCUT2D eigenvalue weighted by Gasteiger charge is -2.41. The van der Waals surface area contributed by atoms with E-state index in [1.165, 1.54) is 23.1 Å². The molecular weight excluding hydrogens is 472 g/mol. The maximum Gasteiger partial charge on any atom is 0.308 e. The van der Waals surface area contributed by atoms with E-state index in [2.05, 4.69) is 22.5 Å². The Labute approximate surface area is 189 Å². The molecule has 4 rings (SSSR count). The maximum absolute atomic E-state index is 14.0. The van der Waals surface area contributed by atoms with Gasteiger partial charge in [-0.15, -0.1) is 18.3 Å². The van der Waals surface area contributed by atoms with Crippen LogP contribution in [0.2, 0.25) is 0 Å². The second-order valence-corrected chi connectivity index (χ2v) is 11.5. The van der Waals surface area contributed by atoms with Crippen LogP contribution in [-0.2, 0) is 14.4 Å². The van der Waals surface area contributed by atoms with Crippen LogP contribution in [0.25, 0.3) is 0 Å². The number of carboxylic acids is 1. The molecule has 30 heavy (non-hydrogen) atoms. The molecule has 4 fully saturated rings. The number of aliphatic hydroxyl groups excluding tert-OH is 1. The predicted molar refractivity (Wildman–Crippen MR) is 117 cm³/mol. The summed E-state index contributed by atoms with van der Waals surface area (Å²) < 4.78 is -0.765. The SMILES string of the molecule is C=CCN(C(=O)C1N(CCO)C(=O)[C@@H]2[C@H](C(=O)O)[C@H]3SC12CC3Br)C1CCCCC1. The number of aliphatic hydroxyl groups is 1. The summed E-state index contributed by atoms with van der Waals surface area (Å²) in [6.45, 7) is 4.03. The lowest BCUT2D eigenvalue weighted by Crippen LogP contribution is -2.57. The van der Waals surface area contributed by atoms with Gasteiger partial charge < -0.3 is 20.0 Å². The van der Waals surface area contributed by atoms with E-state index in [4.69, 9.17) is 0 Å². The zero-order valence-corrected chi connectivity index (χ0v) is 19.3. The Kier molecular flexibility index (Phi) is 6.25. The number of carboxylic acid groups (broad SMARTS) is 1. The number of rotatable bonds is 7. The molecular formula is C21H29BrN2O5S. The number of alkyl halides is 1. The van der Waals surface area contributed by atoms with Crippen LogP contribution in [0, 0.1) is 11.8 Å². The summed E-state index contributed by atoms with van der Waals surface area (Å²) in [6.07, 6.45) is 7.49. The molecule has 3 saturated heterocycles. The first kappa shape index (κ1) is 22.1. The highest BCUT2D eigenvalue weighted by Crippen LogP contribution is 2.67. The number of carbonyl (C=O) groups excluding carboxylic acids is 2. The Morgan fingerprint density at radius 3 is 2.63 bits per heavy atom. The average Bonchev–Trinajstić information content (AvgIpc) is 3.31. The first-order chi connectivity index (χ1) is 14.4. The highest BCUT2D eigenvalue weighted by atomic mass is 79.9. The highest BCUT2D eigenvalue weighted by molar-refractivity contribution is 9.09. The minimum absolute atomic E-state index is 0.0462. The van der Waals surface area contributed by atoms with Crippen molar-refractivity contribution >= 4 is 45.5 Å². The first-order valence-corrected chi connectivity index (χ1v) is 12.5. The van der Waals surface area contributed by atoms with Crippen LogP contribution in [0.1, 0.15) is 38.5 Å². The molecule has 3 aliphatic heterocycles. The van der Waals surface area contributed by atoms with Crippen LogP contribution in [0.5, 0.6) is 0 Å². The number of thioether (sulfide) groups is 1. The molecule has 0 aromatic heterocycles. The van der Waals surface area contributed by atoms with Gasteiger partial charge in [0.1, 0.15) is 6.04 Å². The van der Waals surface area contributed by atoms with E-state index >= 15 is 0 Å². The molecule has 9 heteroatoms. The second-order valence-electron chi connectivity index (χ2n) is 8.83. The monoisotopic (exact) mass is 500 g/mol. The molecule has 1 aliphatic carbocycles. The van der Waals surface area contributed by atoms with Crippen molar-refractivity contribution in [2.24, 2.45) is 11.8 Å². The summed E-state index contributed by atoms with van der Waals surface area (Å²) in [6, 6.07) is -0.632. The number of hydrogen-bond acceptors (Lipinski definition) is 5. The summed E-state index contributed by atoms with van der Waals surface area (Å²) in [5.41, 5.74) is 0. The number of likely N-dealkylation sites (tertiary alicyclic amines) is 1. The molecule has 1 saturated carbocycles. The molecule has 2 bridgehead atoms. The number of halogens is 1. The number of amides is 2. The second kappa shape index (κ2) is 8.47. The van der Waals surface area contributed by atoms with E-state index in [-0.39, 0.29) is 41.1 Å². The molecule has 0 aromatic carbocycles. The molecule has 0 aromatic rings. The van der Waals surface area contributed by atoms with Gasteiger partial charge in [0.2, 0.25) is 11.8 Å². The lowest BCUT2D eigenvalue weighted by atomic mass is 9.71. The van der Waals surface area contributed by atoms with Gasteiger partial charge >= 0.3 is 5.97 Å². The Morgan fingerprint density at radius 2 is 2.03 bits per heavy atom. The smallest absolute Gasteiger partial charge is 0.308 e. The van der Waals surface area contributed by atoms with Gasteiger partial charge in [-0.25, -0.2) is 0 Å². The van der Waals surface area contributed by atoms with Gasteiger partial charge in [-0.3, -0.25) is 14.4 Å². The van der Waals surface area contributed by atoms with Crippen LogP contribution < -0.4 is 0 Å². The standard InChI is InChI=1S/C21H29BrN2O5S/c1-2-8-23(12-6-4-3-5-7-12)19(27)17-21-11-13(22)16(30-21)14(20(28)29)15(21)18(26)24(17)9-10-25/h2,12-17,25H,1,3-11H2,(H,28,29)/t13?,14-,15-,16-,17?,21?/m0/s1. The van der Waals surface area contributed by atoms with Crippen molar-refractivity contribution in [2.45, 2.75) is 65.4 Å². The van der Waals surface area contributed by atoms with Gasteiger partial charge in [0, 0.05) is 29.2 Å². The zero-order chi connectivity index (χ0) is 21.6. The predicted octanol–water partition coefficient (Wildman–Crippen LogP) is 1.88. The van der Waals surface area contributed by atoms with E-state index in [0.717, 1.165) is 25.7 Å². The van der Waals surface area contributed by atoms with E-state index in [1.54, 1.807) is 6.08 Å². The Hall–Kier alpha value is -1.06. The Bertz CT molecular complexity index is 745. The normalized spacial score (nSPS) is 38.0. The molecule has 166 valence electrons. The number of carbonyl (C=O) groups is 3. The molecule has 6 atom stereocenters. The van der Waals surface area contributed by atoms with Crippen molar-refractivity contribution in [3.05, 3.63) is 12.7 Å². The third-order valence-electron chi connectivity index (χ3n) is 7.27. The van der Waals surface area contributed by atoms with Crippen LogP contribution in [-0.4, -0.2) is 84.4 Å². The van der Waals surface area contributed by atoms with Crippen molar-refractivity contribution < 1.29 is 24.6 Å². The summed E-state index contributed by atoms with van der Waals surface area (Å²) in [5.74, 6) is -2.95. The molecule has 2 amide bonds. The summed E-state index contributed by atoms with van der Waals surface area (Å²) in [5, 5.41) is 19.3. The lowest BCUT2D eigenvalue weighted by molar-refractivity contribution is -0.148. The number of nitrogens with zero attached hydrogens (tertiary/aromatic N) is 2. The third kappa shape index (κ3) is 3.23. The number of hydrogen-bond donors (Lipinski definition) is 2. The molecule has 0 radical (unpaired) electrons. The molecule has 7 nitrogen and oxygen atoms in total. The Balaban J connectivity index is 1.74. The summed E-state index contributed by atoms with van der Waals surface area (Å²) in [7, 11) is 0. The fraction of sp³-hybridized carbons (Fsp3) is 0.762. The van der Waals surface area contributed by atoms with Crippen LogP contribution in [0.3, 0.4) is 0 Å². The largest absolute Gasteiger partial charge is 0.481 e. The quantitative estimate of drug-likeness (QED) is 0.409. The van der Waals surface area contributed by atoms with E-state index in [9.17, 15) is 24.6 Å². The van der Waals surface area contributed by atoms with Gasteiger partial charge in [-0.05, 0) is 19.3 Å². The number of fused-ring (bicyclic) bond motifs is 1. The average molecular weight is 501 g/mol. The van der Waals surface area contributed by atoms with Gasteiger partial charge in [0.05, 0.1) is 23.2 Å². The molecule has 3 unspecified atom stereocenters. The van der Waals surface area contributed by atoms with Crippen LogP contribution in [0.4, 0.5) is 0 Å². The zero-order valence-electron chi connectivity index (χ0n) is 16.9. The van der Waals surface area contributed by atoms with E-state index in [1.807, 2.05) is 4.90 Å². The Morgan fingerprint density at radius 1 is 1.33 bits per heavy atom. The number of aliphatic carboxylic acids is 1. The van der Waals surface area contributed by atoms with E-state index < -0.39 is 28.6 Å². The van der Waals surface area contributed by atoms with Gasteiger partial charge in [0.25, 0.3) is 0 Å². The van der Waals surface area contributed by atoms with Crippen LogP contribution in [0.15, 0.2) is 12.7 Å².